The van der Waals surface area contributed by atoms with E-state index < -0.39 is 11.5 Å². The molecule has 1 aliphatic heterocycles. The molecule has 2 aromatic heterocycles. The lowest BCUT2D eigenvalue weighted by atomic mass is 9.84. The quantitative estimate of drug-likeness (QED) is 0.772. The Morgan fingerprint density at radius 2 is 2.15 bits per heavy atom. The molecule has 2 aromatic rings. The fourth-order valence-corrected chi connectivity index (χ4v) is 4.43. The molecular formula is C21H25N3O3. The number of nitrogens with zero attached hydrogens (tertiary/aromatic N) is 3. The highest BCUT2D eigenvalue weighted by Gasteiger charge is 2.56. The summed E-state index contributed by atoms with van der Waals surface area (Å²) in [5.74, 6) is 0.120. The Morgan fingerprint density at radius 1 is 1.41 bits per heavy atom. The highest BCUT2D eigenvalue weighted by molar-refractivity contribution is 5.95. The molecule has 1 saturated heterocycles. The van der Waals surface area contributed by atoms with Crippen molar-refractivity contribution in [2.45, 2.75) is 57.1 Å². The minimum absolute atomic E-state index is 0.144. The predicted octanol–water partition coefficient (Wildman–Crippen LogP) is 3.75. The summed E-state index contributed by atoms with van der Waals surface area (Å²) < 4.78 is 12.6. The Hall–Kier alpha value is -2.39. The number of hydrogen-bond acceptors (Lipinski definition) is 5. The fraction of sp³-hybridized carbons (Fsp3) is 0.571. The third kappa shape index (κ3) is 2.81. The summed E-state index contributed by atoms with van der Waals surface area (Å²) in [6, 6.07) is 6.32. The van der Waals surface area contributed by atoms with Crippen molar-refractivity contribution in [2.24, 2.45) is 5.92 Å². The van der Waals surface area contributed by atoms with Gasteiger partial charge in [0, 0.05) is 18.2 Å². The molecule has 3 atom stereocenters. The summed E-state index contributed by atoms with van der Waals surface area (Å²) >= 11 is 0. The van der Waals surface area contributed by atoms with Crippen molar-refractivity contribution in [1.82, 2.24) is 9.55 Å². The summed E-state index contributed by atoms with van der Waals surface area (Å²) in [7, 11) is 1.36. The van der Waals surface area contributed by atoms with Crippen molar-refractivity contribution >= 4 is 17.0 Å². The van der Waals surface area contributed by atoms with Crippen molar-refractivity contribution in [3.05, 3.63) is 29.6 Å². The number of carbonyl (C=O) groups excluding carboxylic acids is 1. The van der Waals surface area contributed by atoms with Gasteiger partial charge in [-0.25, -0.2) is 9.78 Å². The molecule has 2 fully saturated rings. The fourth-order valence-electron chi connectivity index (χ4n) is 4.43. The normalized spacial score (nSPS) is 29.3. The third-order valence-electron chi connectivity index (χ3n) is 6.09. The number of fused-ring (bicyclic) bond motifs is 1. The van der Waals surface area contributed by atoms with Crippen molar-refractivity contribution in [3.63, 3.8) is 0 Å². The predicted molar refractivity (Wildman–Crippen MR) is 100 cm³/mol. The van der Waals surface area contributed by atoms with E-state index in [-0.39, 0.29) is 11.5 Å². The molecule has 0 N–H and O–H groups in total. The summed E-state index contributed by atoms with van der Waals surface area (Å²) in [6.07, 6.45) is 4.50. The first-order valence-electron chi connectivity index (χ1n) is 9.47. The van der Waals surface area contributed by atoms with Crippen LogP contribution >= 0.6 is 0 Å². The zero-order valence-electron chi connectivity index (χ0n) is 16.3. The molecule has 2 aliphatic rings. The van der Waals surface area contributed by atoms with Gasteiger partial charge in [-0.1, -0.05) is 6.92 Å². The van der Waals surface area contributed by atoms with Crippen molar-refractivity contribution in [3.8, 4) is 6.07 Å². The van der Waals surface area contributed by atoms with Gasteiger partial charge in [0.2, 0.25) is 0 Å². The summed E-state index contributed by atoms with van der Waals surface area (Å²) in [6.45, 7) is 6.98. The van der Waals surface area contributed by atoms with Gasteiger partial charge in [-0.3, -0.25) is 4.57 Å². The number of esters is 1. The minimum Gasteiger partial charge on any atom is -0.464 e. The average molecular weight is 367 g/mol. The van der Waals surface area contributed by atoms with Gasteiger partial charge in [0.15, 0.2) is 0 Å². The molecule has 1 aliphatic carbocycles. The summed E-state index contributed by atoms with van der Waals surface area (Å²) in [4.78, 5) is 17.1. The lowest BCUT2D eigenvalue weighted by molar-refractivity contribution is -0.0593. The second kappa shape index (κ2) is 6.07. The van der Waals surface area contributed by atoms with Gasteiger partial charge in [0.05, 0.1) is 18.8 Å². The number of rotatable bonds is 3. The van der Waals surface area contributed by atoms with Gasteiger partial charge in [-0.15, -0.1) is 0 Å². The Morgan fingerprint density at radius 3 is 2.74 bits per heavy atom. The van der Waals surface area contributed by atoms with Crippen molar-refractivity contribution in [2.75, 3.05) is 13.7 Å². The summed E-state index contributed by atoms with van der Waals surface area (Å²) in [5.41, 5.74) is 1.38. The van der Waals surface area contributed by atoms with Crippen LogP contribution in [0.2, 0.25) is 0 Å². The molecule has 0 radical (unpaired) electrons. The van der Waals surface area contributed by atoms with Gasteiger partial charge in [0.25, 0.3) is 0 Å². The second-order valence-electron chi connectivity index (χ2n) is 8.48. The van der Waals surface area contributed by atoms with Crippen LogP contribution in [-0.4, -0.2) is 34.8 Å². The number of aromatic nitrogens is 2. The van der Waals surface area contributed by atoms with E-state index in [0.717, 1.165) is 36.8 Å². The van der Waals surface area contributed by atoms with E-state index in [4.69, 9.17) is 14.5 Å². The van der Waals surface area contributed by atoms with Crippen LogP contribution in [0.25, 0.3) is 11.0 Å². The molecule has 1 unspecified atom stereocenters. The molecule has 1 saturated carbocycles. The van der Waals surface area contributed by atoms with Gasteiger partial charge >= 0.3 is 5.97 Å². The number of carbonyl (C=O) groups is 1. The highest BCUT2D eigenvalue weighted by atomic mass is 16.5. The largest absolute Gasteiger partial charge is 0.464 e. The first-order valence-corrected chi connectivity index (χ1v) is 9.47. The van der Waals surface area contributed by atoms with E-state index in [1.54, 1.807) is 4.57 Å². The monoisotopic (exact) mass is 367 g/mol. The molecule has 6 nitrogen and oxygen atoms in total. The van der Waals surface area contributed by atoms with E-state index in [2.05, 4.69) is 26.0 Å². The van der Waals surface area contributed by atoms with Crippen molar-refractivity contribution in [1.29, 1.82) is 5.26 Å². The van der Waals surface area contributed by atoms with E-state index >= 15 is 0 Å². The van der Waals surface area contributed by atoms with E-state index in [0.29, 0.717) is 17.3 Å². The van der Waals surface area contributed by atoms with Crippen LogP contribution in [0.3, 0.4) is 0 Å². The molecule has 0 amide bonds. The van der Waals surface area contributed by atoms with Crippen LogP contribution in [0, 0.1) is 17.2 Å². The maximum atomic E-state index is 12.4. The van der Waals surface area contributed by atoms with Crippen LogP contribution in [0.1, 0.15) is 62.0 Å². The van der Waals surface area contributed by atoms with E-state index in [1.165, 1.54) is 7.11 Å². The SMILES string of the molecule is COC(=O)c1cc2cc(C3CCOC(C)(C)C3)cnc2n1[C@@]1(C#N)C[C@@H]1C. The maximum absolute atomic E-state index is 12.4. The van der Waals surface area contributed by atoms with Crippen LogP contribution < -0.4 is 0 Å². The average Bonchev–Trinajstić information content (AvgIpc) is 3.15. The Kier molecular flexibility index (Phi) is 4.04. The minimum atomic E-state index is -0.708. The molecule has 4 rings (SSSR count). The number of methoxy groups -OCH3 is 1. The van der Waals surface area contributed by atoms with Crippen LogP contribution in [0.15, 0.2) is 18.3 Å². The lowest BCUT2D eigenvalue weighted by Gasteiger charge is -2.35. The van der Waals surface area contributed by atoms with Crippen LogP contribution in [0.5, 0.6) is 0 Å². The molecule has 0 aromatic carbocycles. The van der Waals surface area contributed by atoms with E-state index in [9.17, 15) is 10.1 Å². The zero-order chi connectivity index (χ0) is 19.4. The van der Waals surface area contributed by atoms with Gasteiger partial charge in [0.1, 0.15) is 16.9 Å². The topological polar surface area (TPSA) is 77.1 Å². The molecular weight excluding hydrogens is 342 g/mol. The van der Waals surface area contributed by atoms with Gasteiger partial charge < -0.3 is 9.47 Å². The standard InChI is InChI=1S/C21H25N3O3/c1-13-9-21(13,12-22)24-17(19(25)26-4)8-15-7-16(11-23-18(15)24)14-5-6-27-20(2,3)10-14/h7-8,11,13-14H,5-6,9-10H2,1-4H3/t13-,14?,21+/m0/s1. The smallest absolute Gasteiger partial charge is 0.354 e. The molecule has 142 valence electrons. The molecule has 6 heteroatoms. The summed E-state index contributed by atoms with van der Waals surface area (Å²) in [5, 5.41) is 10.7. The number of nitriles is 1. The number of pyridine rings is 1. The zero-order valence-corrected chi connectivity index (χ0v) is 16.3. The van der Waals surface area contributed by atoms with Crippen LogP contribution in [-0.2, 0) is 15.0 Å². The highest BCUT2D eigenvalue weighted by Crippen LogP contribution is 2.52. The van der Waals surface area contributed by atoms with E-state index in [1.807, 2.05) is 19.2 Å². The number of ether oxygens (including phenoxy) is 2. The molecule has 3 heterocycles. The Labute approximate surface area is 159 Å². The maximum Gasteiger partial charge on any atom is 0.354 e. The van der Waals surface area contributed by atoms with Crippen LogP contribution in [0.4, 0.5) is 0 Å². The lowest BCUT2D eigenvalue weighted by Crippen LogP contribution is -2.33. The molecule has 27 heavy (non-hydrogen) atoms. The van der Waals surface area contributed by atoms with Gasteiger partial charge in [-0.2, -0.15) is 5.26 Å². The first-order chi connectivity index (χ1) is 12.8. The first kappa shape index (κ1) is 18.0. The molecule has 0 spiro atoms. The molecule has 0 bridgehead atoms. The van der Waals surface area contributed by atoms with Crippen molar-refractivity contribution < 1.29 is 14.3 Å². The Bertz CT molecular complexity index is 955. The third-order valence-corrected chi connectivity index (χ3v) is 6.09. The second-order valence-corrected chi connectivity index (χ2v) is 8.48. The number of hydrogen-bond donors (Lipinski definition) is 0. The Balaban J connectivity index is 1.82. The van der Waals surface area contributed by atoms with Gasteiger partial charge in [-0.05, 0) is 62.6 Å².